The molecule has 0 unspecified atom stereocenters. The Hall–Kier alpha value is -3.01. The topological polar surface area (TPSA) is 30.7 Å². The van der Waals surface area contributed by atoms with Crippen LogP contribution in [0.2, 0.25) is 0 Å². The van der Waals surface area contributed by atoms with E-state index in [0.29, 0.717) is 5.41 Å². The van der Waals surface area contributed by atoms with Crippen LogP contribution in [0.15, 0.2) is 60.8 Å². The van der Waals surface area contributed by atoms with Gasteiger partial charge in [-0.3, -0.25) is 4.98 Å². The number of halogens is 1. The number of hydrogen-bond acceptors (Lipinski definition) is 2. The van der Waals surface area contributed by atoms with E-state index >= 15 is 0 Å². The molecule has 4 aromatic rings. The molecular weight excluding hydrogens is 361 g/mol. The molecule has 0 saturated heterocycles. The smallest absolute Gasteiger partial charge is 0.123 e. The fourth-order valence-electron chi connectivity index (χ4n) is 5.32. The Morgan fingerprint density at radius 1 is 0.931 bits per heavy atom. The molecule has 2 aliphatic rings. The highest BCUT2D eigenvalue weighted by Gasteiger charge is 2.42. The second-order valence-electron chi connectivity index (χ2n) is 8.61. The summed E-state index contributed by atoms with van der Waals surface area (Å²) in [5.74, 6) is 0.955. The normalized spacial score (nSPS) is 17.3. The molecule has 0 bridgehead atoms. The summed E-state index contributed by atoms with van der Waals surface area (Å²) in [5.41, 5.74) is 5.61. The maximum atomic E-state index is 13.5. The van der Waals surface area contributed by atoms with E-state index in [1.165, 1.54) is 43.6 Å². The monoisotopic (exact) mass is 383 g/mol. The molecular formula is C25H22FN3. The first kappa shape index (κ1) is 16.9. The molecule has 1 spiro atoms. The summed E-state index contributed by atoms with van der Waals surface area (Å²) in [7, 11) is 0. The molecule has 3 nitrogen and oxygen atoms in total. The van der Waals surface area contributed by atoms with E-state index in [9.17, 15) is 4.39 Å². The summed E-state index contributed by atoms with van der Waals surface area (Å²) in [6, 6.07) is 17.2. The van der Waals surface area contributed by atoms with Gasteiger partial charge in [0.25, 0.3) is 0 Å². The average molecular weight is 383 g/mol. The molecule has 144 valence electrons. The predicted octanol–water partition coefficient (Wildman–Crippen LogP) is 6.02. The van der Waals surface area contributed by atoms with Crippen LogP contribution < -0.4 is 0 Å². The lowest BCUT2D eigenvalue weighted by molar-refractivity contribution is 0.291. The van der Waals surface area contributed by atoms with Gasteiger partial charge in [0.1, 0.15) is 11.6 Å². The average Bonchev–Trinajstić information content (AvgIpc) is 3.43. The van der Waals surface area contributed by atoms with Crippen molar-refractivity contribution in [2.24, 2.45) is 5.41 Å². The molecule has 2 aromatic heterocycles. The summed E-state index contributed by atoms with van der Waals surface area (Å²) in [6.07, 6.45) is 8.12. The second kappa shape index (κ2) is 6.24. The minimum atomic E-state index is -0.219. The minimum absolute atomic E-state index is 0.219. The first-order valence-corrected chi connectivity index (χ1v) is 10.4. The molecule has 2 aromatic carbocycles. The largest absolute Gasteiger partial charge is 0.327 e. The highest BCUT2D eigenvalue weighted by Crippen LogP contribution is 2.49. The third kappa shape index (κ3) is 2.70. The number of aromatic nitrogens is 3. The third-order valence-corrected chi connectivity index (χ3v) is 6.73. The van der Waals surface area contributed by atoms with E-state index in [2.05, 4.69) is 33.8 Å². The molecule has 1 saturated carbocycles. The molecule has 0 radical (unpaired) electrons. The van der Waals surface area contributed by atoms with Crippen LogP contribution in [0.5, 0.6) is 0 Å². The number of benzene rings is 2. The van der Waals surface area contributed by atoms with Crippen molar-refractivity contribution in [3.05, 3.63) is 72.4 Å². The van der Waals surface area contributed by atoms with Gasteiger partial charge in [-0.2, -0.15) is 0 Å². The molecule has 3 heterocycles. The SMILES string of the molecule is Fc1ccc(-c2nc3n(c2-c2ccc4ncccc4c2)CC2(CCCC2)C3)cc1. The fraction of sp³-hybridized carbons (Fsp3) is 0.280. The molecule has 1 aliphatic carbocycles. The first-order chi connectivity index (χ1) is 14.2. The molecule has 1 aliphatic heterocycles. The van der Waals surface area contributed by atoms with Crippen LogP contribution in [0, 0.1) is 11.2 Å². The summed E-state index contributed by atoms with van der Waals surface area (Å²) in [5, 5.41) is 1.12. The summed E-state index contributed by atoms with van der Waals surface area (Å²) >= 11 is 0. The summed E-state index contributed by atoms with van der Waals surface area (Å²) in [6.45, 7) is 1.04. The predicted molar refractivity (Wildman–Crippen MR) is 113 cm³/mol. The Labute approximate surface area is 169 Å². The number of hydrogen-bond donors (Lipinski definition) is 0. The maximum Gasteiger partial charge on any atom is 0.123 e. The van der Waals surface area contributed by atoms with Gasteiger partial charge in [0.15, 0.2) is 0 Å². The van der Waals surface area contributed by atoms with E-state index < -0.39 is 0 Å². The van der Waals surface area contributed by atoms with E-state index in [1.807, 2.05) is 24.4 Å². The summed E-state index contributed by atoms with van der Waals surface area (Å²) < 4.78 is 16.0. The van der Waals surface area contributed by atoms with Crippen molar-refractivity contribution in [2.45, 2.75) is 38.6 Å². The van der Waals surface area contributed by atoms with E-state index in [0.717, 1.165) is 46.4 Å². The third-order valence-electron chi connectivity index (χ3n) is 6.73. The Morgan fingerprint density at radius 2 is 1.72 bits per heavy atom. The maximum absolute atomic E-state index is 13.5. The highest BCUT2D eigenvalue weighted by atomic mass is 19.1. The zero-order valence-electron chi connectivity index (χ0n) is 16.2. The van der Waals surface area contributed by atoms with Gasteiger partial charge in [0, 0.05) is 35.7 Å². The zero-order chi connectivity index (χ0) is 19.4. The van der Waals surface area contributed by atoms with Crippen molar-refractivity contribution in [1.29, 1.82) is 0 Å². The van der Waals surface area contributed by atoms with Crippen molar-refractivity contribution in [3.63, 3.8) is 0 Å². The van der Waals surface area contributed by atoms with Crippen LogP contribution in [-0.4, -0.2) is 14.5 Å². The number of imidazole rings is 1. The quantitative estimate of drug-likeness (QED) is 0.424. The number of nitrogens with zero attached hydrogens (tertiary/aromatic N) is 3. The first-order valence-electron chi connectivity index (χ1n) is 10.4. The molecule has 1 fully saturated rings. The number of fused-ring (bicyclic) bond motifs is 2. The molecule has 0 N–H and O–H groups in total. The van der Waals surface area contributed by atoms with Gasteiger partial charge in [-0.25, -0.2) is 9.37 Å². The van der Waals surface area contributed by atoms with Crippen LogP contribution >= 0.6 is 0 Å². The van der Waals surface area contributed by atoms with E-state index in [1.54, 1.807) is 0 Å². The highest BCUT2D eigenvalue weighted by molar-refractivity contribution is 5.87. The van der Waals surface area contributed by atoms with E-state index in [4.69, 9.17) is 4.98 Å². The van der Waals surface area contributed by atoms with Gasteiger partial charge in [0.05, 0.1) is 16.9 Å². The van der Waals surface area contributed by atoms with Crippen molar-refractivity contribution in [3.8, 4) is 22.5 Å². The Balaban J connectivity index is 1.55. The number of rotatable bonds is 2. The molecule has 4 heteroatoms. The molecule has 0 atom stereocenters. The molecule has 29 heavy (non-hydrogen) atoms. The lowest BCUT2D eigenvalue weighted by Gasteiger charge is -2.22. The van der Waals surface area contributed by atoms with Crippen molar-refractivity contribution >= 4 is 10.9 Å². The Kier molecular flexibility index (Phi) is 3.64. The minimum Gasteiger partial charge on any atom is -0.327 e. The Morgan fingerprint density at radius 3 is 2.55 bits per heavy atom. The lowest BCUT2D eigenvalue weighted by atomic mass is 9.85. The zero-order valence-corrected chi connectivity index (χ0v) is 16.2. The van der Waals surface area contributed by atoms with Gasteiger partial charge < -0.3 is 4.57 Å². The van der Waals surface area contributed by atoms with Crippen LogP contribution in [0.3, 0.4) is 0 Å². The lowest BCUT2D eigenvalue weighted by Crippen LogP contribution is -2.18. The number of pyridine rings is 1. The molecule has 0 amide bonds. The molecule has 6 rings (SSSR count). The summed E-state index contributed by atoms with van der Waals surface area (Å²) in [4.78, 5) is 9.55. The van der Waals surface area contributed by atoms with Crippen molar-refractivity contribution < 1.29 is 4.39 Å². The Bertz CT molecular complexity index is 1220. The van der Waals surface area contributed by atoms with Crippen LogP contribution in [0.4, 0.5) is 4.39 Å². The standard InChI is InChI=1S/C25H22FN3/c26-20-8-5-17(6-9-20)23-24(19-7-10-21-18(14-19)4-3-13-27-21)29-16-25(11-1-2-12-25)15-22(29)28-23/h3-10,13-14H,1-2,11-12,15-16H2. The van der Waals surface area contributed by atoms with Gasteiger partial charge in [-0.05, 0) is 60.7 Å². The van der Waals surface area contributed by atoms with Crippen LogP contribution in [-0.2, 0) is 13.0 Å². The van der Waals surface area contributed by atoms with Gasteiger partial charge in [-0.1, -0.05) is 25.0 Å². The van der Waals surface area contributed by atoms with E-state index in [-0.39, 0.29) is 5.82 Å². The van der Waals surface area contributed by atoms with Crippen molar-refractivity contribution in [1.82, 2.24) is 14.5 Å². The van der Waals surface area contributed by atoms with Crippen LogP contribution in [0.25, 0.3) is 33.4 Å². The fourth-order valence-corrected chi connectivity index (χ4v) is 5.32. The second-order valence-corrected chi connectivity index (χ2v) is 8.61. The van der Waals surface area contributed by atoms with Gasteiger partial charge >= 0.3 is 0 Å². The van der Waals surface area contributed by atoms with Gasteiger partial charge in [-0.15, -0.1) is 0 Å². The van der Waals surface area contributed by atoms with Crippen LogP contribution in [0.1, 0.15) is 31.5 Å². The van der Waals surface area contributed by atoms with Gasteiger partial charge in [0.2, 0.25) is 0 Å². The van der Waals surface area contributed by atoms with Crippen molar-refractivity contribution in [2.75, 3.05) is 0 Å².